The van der Waals surface area contributed by atoms with Gasteiger partial charge in [0, 0.05) is 10.7 Å². The third kappa shape index (κ3) is 7.67. The predicted octanol–water partition coefficient (Wildman–Crippen LogP) is 2.98. The van der Waals surface area contributed by atoms with Crippen molar-refractivity contribution in [2.45, 2.75) is 26.3 Å². The summed E-state index contributed by atoms with van der Waals surface area (Å²) in [5.41, 5.74) is 4.93. The predicted molar refractivity (Wildman–Crippen MR) is 61.9 cm³/mol. The Hall–Kier alpha value is -0.970. The number of rotatable bonds is 0. The van der Waals surface area contributed by atoms with E-state index in [1.54, 1.807) is 33.0 Å². The van der Waals surface area contributed by atoms with Gasteiger partial charge in [-0.2, -0.15) is 4.91 Å². The Balaban J connectivity index is 0.000000255. The zero-order valence-electron chi connectivity index (χ0n) is 8.49. The van der Waals surface area contributed by atoms with E-state index in [0.29, 0.717) is 5.82 Å². The van der Waals surface area contributed by atoms with E-state index >= 15 is 0 Å². The van der Waals surface area contributed by atoms with Gasteiger partial charge in [0.25, 0.3) is 0 Å². The normalized spacial score (nSPS) is 10.0. The van der Waals surface area contributed by atoms with Gasteiger partial charge in [-0.05, 0) is 32.9 Å². The van der Waals surface area contributed by atoms with Crippen LogP contribution in [0, 0.1) is 4.91 Å². The first-order valence-corrected chi connectivity index (χ1v) is 4.86. The number of hydrogen-bond acceptors (Lipinski definition) is 4. The molecule has 1 rings (SSSR count). The molecule has 1 aromatic rings. The molecule has 1 heterocycles. The molecule has 14 heavy (non-hydrogen) atoms. The zero-order valence-corrected chi connectivity index (χ0v) is 10.1. The number of aromatic nitrogens is 1. The summed E-state index contributed by atoms with van der Waals surface area (Å²) in [6, 6.07) is 3.58. The fourth-order valence-electron chi connectivity index (χ4n) is 0.421. The molecule has 0 spiro atoms. The molecule has 0 bridgehead atoms. The Kier molecular flexibility index (Phi) is 5.30. The van der Waals surface area contributed by atoms with Crippen LogP contribution in [0.15, 0.2) is 28.0 Å². The SMILES string of the molecule is CC(C)(C)N=O.Nc1cc(Br)ccn1. The number of anilines is 1. The lowest BCUT2D eigenvalue weighted by molar-refractivity contribution is 0.578. The number of pyridine rings is 1. The number of nitrogen functional groups attached to an aromatic ring is 1. The Morgan fingerprint density at radius 1 is 1.50 bits per heavy atom. The van der Waals surface area contributed by atoms with Crippen LogP contribution >= 0.6 is 15.9 Å². The van der Waals surface area contributed by atoms with Crippen LogP contribution < -0.4 is 5.73 Å². The number of hydrogen-bond donors (Lipinski definition) is 1. The van der Waals surface area contributed by atoms with Gasteiger partial charge in [-0.15, -0.1) is 0 Å². The van der Waals surface area contributed by atoms with E-state index in [2.05, 4.69) is 26.1 Å². The highest BCUT2D eigenvalue weighted by molar-refractivity contribution is 9.10. The van der Waals surface area contributed by atoms with Gasteiger partial charge in [0.1, 0.15) is 5.82 Å². The van der Waals surface area contributed by atoms with Crippen molar-refractivity contribution >= 4 is 21.7 Å². The second-order valence-electron chi connectivity index (χ2n) is 3.66. The van der Waals surface area contributed by atoms with Gasteiger partial charge in [-0.25, -0.2) is 4.98 Å². The maximum atomic E-state index is 9.58. The van der Waals surface area contributed by atoms with Crippen LogP contribution in [0.3, 0.4) is 0 Å². The van der Waals surface area contributed by atoms with Crippen LogP contribution in [0.1, 0.15) is 20.8 Å². The minimum atomic E-state index is -0.389. The average molecular weight is 260 g/mol. The first-order valence-electron chi connectivity index (χ1n) is 4.07. The van der Waals surface area contributed by atoms with Crippen molar-refractivity contribution in [3.63, 3.8) is 0 Å². The van der Waals surface area contributed by atoms with Crippen LogP contribution in [0.25, 0.3) is 0 Å². The van der Waals surface area contributed by atoms with Crippen molar-refractivity contribution in [3.8, 4) is 0 Å². The molecule has 0 aliphatic heterocycles. The lowest BCUT2D eigenvalue weighted by Gasteiger charge is -2.01. The van der Waals surface area contributed by atoms with E-state index in [-0.39, 0.29) is 5.54 Å². The summed E-state index contributed by atoms with van der Waals surface area (Å²) in [5.74, 6) is 0.541. The molecule has 4 nitrogen and oxygen atoms in total. The van der Waals surface area contributed by atoms with Gasteiger partial charge in [0.15, 0.2) is 0 Å². The first-order chi connectivity index (χ1) is 6.35. The largest absolute Gasteiger partial charge is 0.384 e. The Labute approximate surface area is 92.0 Å². The fourth-order valence-corrected chi connectivity index (χ4v) is 0.774. The summed E-state index contributed by atoms with van der Waals surface area (Å²) >= 11 is 3.24. The summed E-state index contributed by atoms with van der Waals surface area (Å²) in [7, 11) is 0. The minimum absolute atomic E-state index is 0.389. The molecule has 2 N–H and O–H groups in total. The van der Waals surface area contributed by atoms with Crippen molar-refractivity contribution in [2.24, 2.45) is 5.18 Å². The van der Waals surface area contributed by atoms with Gasteiger partial charge < -0.3 is 5.73 Å². The average Bonchev–Trinajstić information content (AvgIpc) is 2.03. The van der Waals surface area contributed by atoms with Crippen LogP contribution in [0.4, 0.5) is 5.82 Å². The molecule has 0 amide bonds. The molecule has 0 saturated carbocycles. The first kappa shape index (κ1) is 13.0. The highest BCUT2D eigenvalue weighted by Crippen LogP contribution is 2.09. The quantitative estimate of drug-likeness (QED) is 0.729. The third-order valence-electron chi connectivity index (χ3n) is 1.02. The fraction of sp³-hybridized carbons (Fsp3) is 0.444. The van der Waals surface area contributed by atoms with Gasteiger partial charge in [0.05, 0.1) is 5.54 Å². The summed E-state index contributed by atoms with van der Waals surface area (Å²) in [6.07, 6.45) is 1.65. The number of nitroso groups, excluding NO2 is 1. The number of halogens is 1. The van der Waals surface area contributed by atoms with Gasteiger partial charge in [-0.3, -0.25) is 0 Å². The smallest absolute Gasteiger partial charge is 0.124 e. The maximum Gasteiger partial charge on any atom is 0.124 e. The molecule has 0 fully saturated rings. The summed E-state index contributed by atoms with van der Waals surface area (Å²) < 4.78 is 0.963. The third-order valence-corrected chi connectivity index (χ3v) is 1.51. The molecule has 0 atom stereocenters. The summed E-state index contributed by atoms with van der Waals surface area (Å²) in [4.78, 5) is 13.4. The molecule has 0 aromatic carbocycles. The van der Waals surface area contributed by atoms with Gasteiger partial charge >= 0.3 is 0 Å². The van der Waals surface area contributed by atoms with Crippen molar-refractivity contribution in [1.82, 2.24) is 4.98 Å². The second-order valence-corrected chi connectivity index (χ2v) is 4.58. The van der Waals surface area contributed by atoms with Crippen LogP contribution in [-0.2, 0) is 0 Å². The van der Waals surface area contributed by atoms with E-state index in [1.165, 1.54) is 0 Å². The van der Waals surface area contributed by atoms with Gasteiger partial charge in [-0.1, -0.05) is 21.1 Å². The van der Waals surface area contributed by atoms with E-state index in [4.69, 9.17) is 5.73 Å². The molecule has 0 radical (unpaired) electrons. The molecule has 0 unspecified atom stereocenters. The highest BCUT2D eigenvalue weighted by Gasteiger charge is 2.06. The Bertz CT molecular complexity index is 279. The Morgan fingerprint density at radius 3 is 2.21 bits per heavy atom. The molecule has 0 saturated heterocycles. The molecule has 78 valence electrons. The topological polar surface area (TPSA) is 68.3 Å². The highest BCUT2D eigenvalue weighted by atomic mass is 79.9. The molecular formula is C9H14BrN3O. The zero-order chi connectivity index (χ0) is 11.2. The standard InChI is InChI=1S/C5H5BrN2.C4H9NO/c6-4-1-2-8-5(7)3-4;1-4(2,3)5-6/h1-3H,(H2,7,8);1-3H3. The maximum absolute atomic E-state index is 9.58. The van der Waals surface area contributed by atoms with Crippen molar-refractivity contribution in [3.05, 3.63) is 27.7 Å². The lowest BCUT2D eigenvalue weighted by Crippen LogP contribution is -2.06. The van der Waals surface area contributed by atoms with E-state index in [1.807, 2.05) is 6.07 Å². The second kappa shape index (κ2) is 5.70. The van der Waals surface area contributed by atoms with Crippen LogP contribution in [0.2, 0.25) is 0 Å². The van der Waals surface area contributed by atoms with E-state index < -0.39 is 0 Å². The molecule has 1 aromatic heterocycles. The number of nitrogens with two attached hydrogens (primary N) is 1. The van der Waals surface area contributed by atoms with E-state index in [0.717, 1.165) is 4.47 Å². The minimum Gasteiger partial charge on any atom is -0.384 e. The lowest BCUT2D eigenvalue weighted by atomic mass is 10.1. The summed E-state index contributed by atoms with van der Waals surface area (Å²) in [5, 5.41) is 2.77. The molecule has 0 aliphatic carbocycles. The van der Waals surface area contributed by atoms with Crippen LogP contribution in [-0.4, -0.2) is 10.5 Å². The van der Waals surface area contributed by atoms with Crippen molar-refractivity contribution in [1.29, 1.82) is 0 Å². The Morgan fingerprint density at radius 2 is 2.00 bits per heavy atom. The monoisotopic (exact) mass is 259 g/mol. The van der Waals surface area contributed by atoms with Crippen molar-refractivity contribution < 1.29 is 0 Å². The molecular weight excluding hydrogens is 246 g/mol. The summed E-state index contributed by atoms with van der Waals surface area (Å²) in [6.45, 7) is 5.29. The van der Waals surface area contributed by atoms with E-state index in [9.17, 15) is 4.91 Å². The van der Waals surface area contributed by atoms with Crippen LogP contribution in [0.5, 0.6) is 0 Å². The van der Waals surface area contributed by atoms with Gasteiger partial charge in [0.2, 0.25) is 0 Å². The molecule has 5 heteroatoms. The number of nitrogens with zero attached hydrogens (tertiary/aromatic N) is 2. The van der Waals surface area contributed by atoms with Crippen molar-refractivity contribution in [2.75, 3.05) is 5.73 Å². The molecule has 0 aliphatic rings.